The van der Waals surface area contributed by atoms with Crippen molar-refractivity contribution in [3.05, 3.63) is 0 Å². The van der Waals surface area contributed by atoms with Crippen molar-refractivity contribution in [2.24, 2.45) is 11.8 Å². The maximum Gasteiger partial charge on any atom is 0.224 e. The number of hydrogen-bond acceptors (Lipinski definition) is 3. The standard InChI is InChI=1S/C14H27N3O/c1-3-17-8-5-12(6-9-17)10-16-14(18)13-4-7-15-11(13)2/h11-13,15H,3-10H2,1-2H3,(H,16,18). The zero-order valence-electron chi connectivity index (χ0n) is 11.7. The lowest BCUT2D eigenvalue weighted by Gasteiger charge is -2.31. The maximum absolute atomic E-state index is 12.1. The minimum Gasteiger partial charge on any atom is -0.356 e. The summed E-state index contributed by atoms with van der Waals surface area (Å²) in [6, 6.07) is 0.340. The highest BCUT2D eigenvalue weighted by atomic mass is 16.1. The Morgan fingerprint density at radius 1 is 1.33 bits per heavy atom. The fraction of sp³-hybridized carbons (Fsp3) is 0.929. The molecule has 0 bridgehead atoms. The Labute approximate surface area is 110 Å². The third-order valence-electron chi connectivity index (χ3n) is 4.58. The van der Waals surface area contributed by atoms with E-state index in [1.807, 2.05) is 0 Å². The molecular formula is C14H27N3O. The molecule has 0 aromatic rings. The third-order valence-corrected chi connectivity index (χ3v) is 4.58. The SMILES string of the molecule is CCN1CCC(CNC(=O)C2CCNC2C)CC1. The Kier molecular flexibility index (Phi) is 5.01. The van der Waals surface area contributed by atoms with Gasteiger partial charge in [-0.2, -0.15) is 0 Å². The minimum absolute atomic E-state index is 0.181. The molecule has 4 heteroatoms. The summed E-state index contributed by atoms with van der Waals surface area (Å²) in [7, 11) is 0. The van der Waals surface area contributed by atoms with Gasteiger partial charge in [0.05, 0.1) is 5.92 Å². The van der Waals surface area contributed by atoms with E-state index in [1.165, 1.54) is 25.9 Å². The molecule has 2 saturated heterocycles. The van der Waals surface area contributed by atoms with E-state index in [0.29, 0.717) is 12.0 Å². The summed E-state index contributed by atoms with van der Waals surface area (Å²) < 4.78 is 0. The Balaban J connectivity index is 1.67. The van der Waals surface area contributed by atoms with Crippen LogP contribution < -0.4 is 10.6 Å². The predicted octanol–water partition coefficient (Wildman–Crippen LogP) is 0.833. The molecule has 0 spiro atoms. The number of nitrogens with one attached hydrogen (secondary N) is 2. The van der Waals surface area contributed by atoms with Crippen molar-refractivity contribution in [3.63, 3.8) is 0 Å². The number of likely N-dealkylation sites (tertiary alicyclic amines) is 1. The van der Waals surface area contributed by atoms with Gasteiger partial charge in [-0.05, 0) is 58.3 Å². The number of carbonyl (C=O) groups is 1. The van der Waals surface area contributed by atoms with Crippen molar-refractivity contribution in [3.8, 4) is 0 Å². The molecule has 0 radical (unpaired) electrons. The Hall–Kier alpha value is -0.610. The second-order valence-corrected chi connectivity index (χ2v) is 5.76. The second-order valence-electron chi connectivity index (χ2n) is 5.76. The molecule has 2 unspecified atom stereocenters. The molecular weight excluding hydrogens is 226 g/mol. The molecule has 0 saturated carbocycles. The molecule has 2 aliphatic rings. The number of rotatable bonds is 4. The lowest BCUT2D eigenvalue weighted by Crippen LogP contribution is -2.41. The molecule has 1 amide bonds. The number of nitrogens with zero attached hydrogens (tertiary/aromatic N) is 1. The molecule has 104 valence electrons. The summed E-state index contributed by atoms with van der Waals surface area (Å²) in [5.41, 5.74) is 0. The van der Waals surface area contributed by atoms with Gasteiger partial charge in [-0.15, -0.1) is 0 Å². The van der Waals surface area contributed by atoms with Crippen LogP contribution in [0, 0.1) is 11.8 Å². The van der Waals surface area contributed by atoms with Crippen molar-refractivity contribution in [2.45, 2.75) is 39.2 Å². The largest absolute Gasteiger partial charge is 0.356 e. The van der Waals surface area contributed by atoms with Crippen molar-refractivity contribution >= 4 is 5.91 Å². The maximum atomic E-state index is 12.1. The number of carbonyl (C=O) groups excluding carboxylic acids is 1. The van der Waals surface area contributed by atoms with E-state index in [9.17, 15) is 4.79 Å². The van der Waals surface area contributed by atoms with E-state index < -0.39 is 0 Å². The molecule has 2 aliphatic heterocycles. The summed E-state index contributed by atoms with van der Waals surface area (Å²) in [6.07, 6.45) is 3.44. The quantitative estimate of drug-likeness (QED) is 0.780. The van der Waals surface area contributed by atoms with Crippen LogP contribution in [-0.4, -0.2) is 49.6 Å². The minimum atomic E-state index is 0.181. The first-order valence-corrected chi connectivity index (χ1v) is 7.44. The first-order chi connectivity index (χ1) is 8.70. The van der Waals surface area contributed by atoms with Crippen LogP contribution in [0.25, 0.3) is 0 Å². The van der Waals surface area contributed by atoms with E-state index in [-0.39, 0.29) is 11.8 Å². The average Bonchev–Trinajstić information content (AvgIpc) is 2.83. The molecule has 4 nitrogen and oxygen atoms in total. The highest BCUT2D eigenvalue weighted by Crippen LogP contribution is 2.18. The fourth-order valence-corrected chi connectivity index (χ4v) is 3.10. The molecule has 0 aliphatic carbocycles. The van der Waals surface area contributed by atoms with Gasteiger partial charge >= 0.3 is 0 Å². The highest BCUT2D eigenvalue weighted by Gasteiger charge is 2.29. The van der Waals surface area contributed by atoms with E-state index >= 15 is 0 Å². The smallest absolute Gasteiger partial charge is 0.224 e. The van der Waals surface area contributed by atoms with Crippen LogP contribution in [-0.2, 0) is 4.79 Å². The Morgan fingerprint density at radius 2 is 2.06 bits per heavy atom. The van der Waals surface area contributed by atoms with Gasteiger partial charge in [0, 0.05) is 12.6 Å². The zero-order chi connectivity index (χ0) is 13.0. The summed E-state index contributed by atoms with van der Waals surface area (Å²) in [5, 5.41) is 6.49. The van der Waals surface area contributed by atoms with Crippen molar-refractivity contribution in [1.82, 2.24) is 15.5 Å². The molecule has 2 fully saturated rings. The zero-order valence-corrected chi connectivity index (χ0v) is 11.7. The molecule has 2 N–H and O–H groups in total. The van der Waals surface area contributed by atoms with Crippen molar-refractivity contribution in [1.29, 1.82) is 0 Å². The predicted molar refractivity (Wildman–Crippen MR) is 73.4 cm³/mol. The van der Waals surface area contributed by atoms with E-state index in [1.54, 1.807) is 0 Å². The van der Waals surface area contributed by atoms with Crippen molar-refractivity contribution in [2.75, 3.05) is 32.7 Å². The van der Waals surface area contributed by atoms with E-state index in [4.69, 9.17) is 0 Å². The van der Waals surface area contributed by atoms with Crippen LogP contribution in [0.1, 0.15) is 33.1 Å². The van der Waals surface area contributed by atoms with Crippen LogP contribution in [0.15, 0.2) is 0 Å². The normalized spacial score (nSPS) is 30.6. The van der Waals surface area contributed by atoms with Gasteiger partial charge in [0.2, 0.25) is 5.91 Å². The monoisotopic (exact) mass is 253 g/mol. The van der Waals surface area contributed by atoms with Crippen LogP contribution in [0.4, 0.5) is 0 Å². The van der Waals surface area contributed by atoms with Crippen LogP contribution >= 0.6 is 0 Å². The summed E-state index contributed by atoms with van der Waals surface area (Å²) in [6.45, 7) is 9.72. The fourth-order valence-electron chi connectivity index (χ4n) is 3.10. The Bertz CT molecular complexity index is 274. The summed E-state index contributed by atoms with van der Waals surface area (Å²) in [5.74, 6) is 1.12. The van der Waals surface area contributed by atoms with Gasteiger partial charge in [0.1, 0.15) is 0 Å². The van der Waals surface area contributed by atoms with E-state index in [2.05, 4.69) is 29.4 Å². The van der Waals surface area contributed by atoms with Gasteiger partial charge in [0.25, 0.3) is 0 Å². The molecule has 2 heterocycles. The van der Waals surface area contributed by atoms with Gasteiger partial charge < -0.3 is 15.5 Å². The summed E-state index contributed by atoms with van der Waals surface area (Å²) >= 11 is 0. The van der Waals surface area contributed by atoms with Gasteiger partial charge in [0.15, 0.2) is 0 Å². The number of piperidine rings is 1. The van der Waals surface area contributed by atoms with Crippen LogP contribution in [0.3, 0.4) is 0 Å². The second kappa shape index (κ2) is 6.53. The van der Waals surface area contributed by atoms with Gasteiger partial charge in [-0.25, -0.2) is 0 Å². The Morgan fingerprint density at radius 3 is 2.61 bits per heavy atom. The lowest BCUT2D eigenvalue weighted by molar-refractivity contribution is -0.125. The highest BCUT2D eigenvalue weighted by molar-refractivity contribution is 5.79. The van der Waals surface area contributed by atoms with Gasteiger partial charge in [-0.1, -0.05) is 6.92 Å². The molecule has 0 aromatic heterocycles. The molecule has 18 heavy (non-hydrogen) atoms. The third kappa shape index (κ3) is 3.45. The first kappa shape index (κ1) is 13.8. The molecule has 2 atom stereocenters. The average molecular weight is 253 g/mol. The molecule has 0 aromatic carbocycles. The van der Waals surface area contributed by atoms with Crippen molar-refractivity contribution < 1.29 is 4.79 Å². The molecule has 2 rings (SSSR count). The van der Waals surface area contributed by atoms with Gasteiger partial charge in [-0.3, -0.25) is 4.79 Å². The van der Waals surface area contributed by atoms with Crippen LogP contribution in [0.2, 0.25) is 0 Å². The first-order valence-electron chi connectivity index (χ1n) is 7.44. The number of hydrogen-bond donors (Lipinski definition) is 2. The lowest BCUT2D eigenvalue weighted by atomic mass is 9.96. The topological polar surface area (TPSA) is 44.4 Å². The van der Waals surface area contributed by atoms with E-state index in [0.717, 1.165) is 26.1 Å². The number of amides is 1. The summed E-state index contributed by atoms with van der Waals surface area (Å²) in [4.78, 5) is 14.5. The van der Waals surface area contributed by atoms with Crippen LogP contribution in [0.5, 0.6) is 0 Å².